The number of nitrogens with zero attached hydrogens (tertiary/aromatic N) is 3. The Morgan fingerprint density at radius 1 is 1.12 bits per heavy atom. The van der Waals surface area contributed by atoms with E-state index in [1.807, 2.05) is 35.0 Å². The van der Waals surface area contributed by atoms with Crippen LogP contribution < -0.4 is 9.64 Å². The van der Waals surface area contributed by atoms with Crippen molar-refractivity contribution in [3.63, 3.8) is 0 Å². The Balaban J connectivity index is 1.33. The highest BCUT2D eigenvalue weighted by Gasteiger charge is 2.35. The molecule has 0 spiro atoms. The van der Waals surface area contributed by atoms with E-state index in [1.165, 1.54) is 41.9 Å². The van der Waals surface area contributed by atoms with Crippen molar-refractivity contribution in [3.05, 3.63) is 63.3 Å². The maximum absolute atomic E-state index is 13.3. The second-order valence-corrected chi connectivity index (χ2v) is 9.89. The van der Waals surface area contributed by atoms with Gasteiger partial charge in [0.1, 0.15) is 11.4 Å². The van der Waals surface area contributed by atoms with Crippen molar-refractivity contribution < 1.29 is 14.3 Å². The Hall–Kier alpha value is -2.55. The Morgan fingerprint density at radius 3 is 2.75 bits per heavy atom. The molecule has 32 heavy (non-hydrogen) atoms. The van der Waals surface area contributed by atoms with Gasteiger partial charge in [0.2, 0.25) is 11.9 Å². The highest BCUT2D eigenvalue weighted by molar-refractivity contribution is 7.14. The smallest absolute Gasteiger partial charge is 0.270 e. The van der Waals surface area contributed by atoms with Crippen molar-refractivity contribution in [2.24, 2.45) is 0 Å². The number of fused-ring (bicyclic) bond motifs is 1. The lowest BCUT2D eigenvalue weighted by Gasteiger charge is -2.27. The molecular weight excluding hydrogens is 442 g/mol. The van der Waals surface area contributed by atoms with Crippen LogP contribution >= 0.6 is 22.7 Å². The zero-order valence-electron chi connectivity index (χ0n) is 17.7. The Kier molecular flexibility index (Phi) is 6.34. The molecule has 0 radical (unpaired) electrons. The van der Waals surface area contributed by atoms with E-state index in [9.17, 15) is 9.59 Å². The highest BCUT2D eigenvalue weighted by Crippen LogP contribution is 2.38. The normalized spacial score (nSPS) is 18.4. The maximum atomic E-state index is 13.3. The topological polar surface area (TPSA) is 62.7 Å². The molecule has 1 aromatic carbocycles. The van der Waals surface area contributed by atoms with Gasteiger partial charge in [-0.15, -0.1) is 22.7 Å². The standard InChI is InChI=1S/C24H25N3O3S2/c28-21-17-8-2-3-9-19(17)30-22(21)18-16-32-24(25-18)27(23(29)20-10-6-15-31-20)14-7-13-26-11-4-1-5-12-26/h2-3,6,8-10,15-16,22H,1,4-5,7,11-14H2. The molecule has 0 saturated carbocycles. The maximum Gasteiger partial charge on any atom is 0.270 e. The molecule has 1 amide bonds. The van der Waals surface area contributed by atoms with Crippen LogP contribution in [0.5, 0.6) is 5.75 Å². The number of benzene rings is 1. The van der Waals surface area contributed by atoms with Crippen molar-refractivity contribution in [2.75, 3.05) is 31.1 Å². The van der Waals surface area contributed by atoms with E-state index in [0.29, 0.717) is 33.6 Å². The Morgan fingerprint density at radius 2 is 1.97 bits per heavy atom. The number of aromatic nitrogens is 1. The molecule has 166 valence electrons. The summed E-state index contributed by atoms with van der Waals surface area (Å²) in [6, 6.07) is 11.0. The predicted octanol–water partition coefficient (Wildman–Crippen LogP) is 5.04. The molecule has 0 N–H and O–H groups in total. The number of thiophene rings is 1. The van der Waals surface area contributed by atoms with Crippen molar-refractivity contribution >= 4 is 39.5 Å². The lowest BCUT2D eigenvalue weighted by Crippen LogP contribution is -2.36. The SMILES string of the molecule is O=C1c2ccccc2OC1c1csc(N(CCCN2CCCCC2)C(=O)c2cccs2)n1. The number of carbonyl (C=O) groups excluding carboxylic acids is 2. The molecule has 1 saturated heterocycles. The lowest BCUT2D eigenvalue weighted by molar-refractivity contribution is 0.0854. The van der Waals surface area contributed by atoms with E-state index in [-0.39, 0.29) is 11.7 Å². The van der Waals surface area contributed by atoms with E-state index < -0.39 is 6.10 Å². The first-order valence-electron chi connectivity index (χ1n) is 11.0. The fourth-order valence-electron chi connectivity index (χ4n) is 4.26. The summed E-state index contributed by atoms with van der Waals surface area (Å²) in [6.45, 7) is 3.86. The molecule has 1 unspecified atom stereocenters. The van der Waals surface area contributed by atoms with Crippen LogP contribution in [0.2, 0.25) is 0 Å². The molecule has 1 atom stereocenters. The minimum Gasteiger partial charge on any atom is -0.475 e. The van der Waals surface area contributed by atoms with Gasteiger partial charge in [-0.25, -0.2) is 4.98 Å². The van der Waals surface area contributed by atoms with Crippen molar-refractivity contribution in [3.8, 4) is 5.75 Å². The number of hydrogen-bond donors (Lipinski definition) is 0. The molecule has 0 aliphatic carbocycles. The second-order valence-electron chi connectivity index (χ2n) is 8.10. The zero-order valence-corrected chi connectivity index (χ0v) is 19.4. The van der Waals surface area contributed by atoms with Gasteiger partial charge in [0.25, 0.3) is 5.91 Å². The summed E-state index contributed by atoms with van der Waals surface area (Å²) >= 11 is 2.83. The summed E-state index contributed by atoms with van der Waals surface area (Å²) in [4.78, 5) is 35.7. The molecule has 4 heterocycles. The van der Waals surface area contributed by atoms with Gasteiger partial charge in [0.15, 0.2) is 5.13 Å². The fourth-order valence-corrected chi connectivity index (χ4v) is 5.80. The average molecular weight is 468 g/mol. The molecule has 0 bridgehead atoms. The van der Waals surface area contributed by atoms with Crippen LogP contribution in [0.4, 0.5) is 5.13 Å². The third-order valence-electron chi connectivity index (χ3n) is 5.93. The number of anilines is 1. The first-order valence-corrected chi connectivity index (χ1v) is 12.8. The number of hydrogen-bond acceptors (Lipinski definition) is 7. The molecule has 6 nitrogen and oxygen atoms in total. The second kappa shape index (κ2) is 9.52. The number of carbonyl (C=O) groups is 2. The van der Waals surface area contributed by atoms with Crippen molar-refractivity contribution in [1.82, 2.24) is 9.88 Å². The third kappa shape index (κ3) is 4.35. The molecule has 2 aromatic heterocycles. The number of likely N-dealkylation sites (tertiary alicyclic amines) is 1. The molecule has 5 rings (SSSR count). The molecule has 1 fully saturated rings. The van der Waals surface area contributed by atoms with Gasteiger partial charge in [-0.1, -0.05) is 24.6 Å². The molecule has 3 aromatic rings. The Labute approximate surface area is 195 Å². The summed E-state index contributed by atoms with van der Waals surface area (Å²) < 4.78 is 5.88. The molecule has 8 heteroatoms. The van der Waals surface area contributed by atoms with E-state index >= 15 is 0 Å². The predicted molar refractivity (Wildman–Crippen MR) is 127 cm³/mol. The molecule has 2 aliphatic rings. The van der Waals surface area contributed by atoms with Crippen LogP contribution in [0.3, 0.4) is 0 Å². The number of piperidine rings is 1. The first-order chi connectivity index (χ1) is 15.7. The zero-order chi connectivity index (χ0) is 21.9. The van der Waals surface area contributed by atoms with Gasteiger partial charge < -0.3 is 9.64 Å². The summed E-state index contributed by atoms with van der Waals surface area (Å²) in [6.07, 6.45) is 3.96. The van der Waals surface area contributed by atoms with E-state index in [4.69, 9.17) is 9.72 Å². The number of thiazole rings is 1. The summed E-state index contributed by atoms with van der Waals surface area (Å²) in [7, 11) is 0. The van der Waals surface area contributed by atoms with Crippen LogP contribution in [0, 0.1) is 0 Å². The van der Waals surface area contributed by atoms with Gasteiger partial charge in [0, 0.05) is 11.9 Å². The fraction of sp³-hybridized carbons (Fsp3) is 0.375. The number of para-hydroxylation sites is 1. The van der Waals surface area contributed by atoms with Crippen LogP contribution in [-0.2, 0) is 0 Å². The average Bonchev–Trinajstić information content (AvgIpc) is 3.58. The number of amides is 1. The van der Waals surface area contributed by atoms with Crippen molar-refractivity contribution in [1.29, 1.82) is 0 Å². The lowest BCUT2D eigenvalue weighted by atomic mass is 10.1. The van der Waals surface area contributed by atoms with E-state index in [2.05, 4.69) is 4.90 Å². The van der Waals surface area contributed by atoms with E-state index in [0.717, 1.165) is 26.1 Å². The third-order valence-corrected chi connectivity index (χ3v) is 7.67. The van der Waals surface area contributed by atoms with Gasteiger partial charge in [-0.05, 0) is 62.5 Å². The summed E-state index contributed by atoms with van der Waals surface area (Å²) in [5.41, 5.74) is 1.14. The Bertz CT molecular complexity index is 1090. The van der Waals surface area contributed by atoms with Gasteiger partial charge >= 0.3 is 0 Å². The van der Waals surface area contributed by atoms with Gasteiger partial charge in [-0.2, -0.15) is 0 Å². The summed E-state index contributed by atoms with van der Waals surface area (Å²) in [5, 5.41) is 4.36. The monoisotopic (exact) mass is 467 g/mol. The number of ether oxygens (including phenoxy) is 1. The van der Waals surface area contributed by atoms with Crippen LogP contribution in [-0.4, -0.2) is 47.8 Å². The highest BCUT2D eigenvalue weighted by atomic mass is 32.1. The van der Waals surface area contributed by atoms with E-state index in [1.54, 1.807) is 17.0 Å². The number of Topliss-reactive ketones (excluding diaryl/α,β-unsaturated/α-hetero) is 1. The van der Waals surface area contributed by atoms with Crippen LogP contribution in [0.1, 0.15) is 57.5 Å². The minimum absolute atomic E-state index is 0.0403. The first kappa shape index (κ1) is 21.3. The number of rotatable bonds is 7. The van der Waals surface area contributed by atoms with Crippen LogP contribution in [0.15, 0.2) is 47.2 Å². The van der Waals surface area contributed by atoms with Gasteiger partial charge in [-0.3, -0.25) is 14.5 Å². The minimum atomic E-state index is -0.746. The number of ketones is 1. The summed E-state index contributed by atoms with van der Waals surface area (Å²) in [5.74, 6) is 0.463. The van der Waals surface area contributed by atoms with Crippen LogP contribution in [0.25, 0.3) is 0 Å². The molecule has 2 aliphatic heterocycles. The van der Waals surface area contributed by atoms with Crippen molar-refractivity contribution in [2.45, 2.75) is 31.8 Å². The quantitative estimate of drug-likeness (QED) is 0.487. The van der Waals surface area contributed by atoms with Gasteiger partial charge in [0.05, 0.1) is 10.4 Å². The largest absolute Gasteiger partial charge is 0.475 e. The molecular formula is C24H25N3O3S2.